The van der Waals surface area contributed by atoms with Crippen LogP contribution in [0.15, 0.2) is 18.2 Å². The number of para-hydroxylation sites is 1. The average Bonchev–Trinajstić information content (AvgIpc) is 3.24. The van der Waals surface area contributed by atoms with Gasteiger partial charge in [0.05, 0.1) is 30.7 Å². The van der Waals surface area contributed by atoms with E-state index in [4.69, 9.17) is 15.2 Å². The number of ether oxygens (including phenoxy) is 2. The van der Waals surface area contributed by atoms with Crippen LogP contribution in [0.4, 0.5) is 11.4 Å². The highest BCUT2D eigenvalue weighted by molar-refractivity contribution is 5.98. The fourth-order valence-corrected chi connectivity index (χ4v) is 2.17. The third kappa shape index (κ3) is 2.98. The summed E-state index contributed by atoms with van der Waals surface area (Å²) in [6, 6.07) is 5.97. The Labute approximate surface area is 113 Å². The zero-order valence-electron chi connectivity index (χ0n) is 11.4. The summed E-state index contributed by atoms with van der Waals surface area (Å²) in [4.78, 5) is 13.9. The molecule has 5 heteroatoms. The topological polar surface area (TPSA) is 64.8 Å². The van der Waals surface area contributed by atoms with E-state index in [0.717, 1.165) is 25.1 Å². The molecule has 0 radical (unpaired) electrons. The standard InChI is InChI=1S/C14H20N2O3/c1-18-9-8-16(10-6-7-10)12-5-3-4-11(13(12)15)14(17)19-2/h3-5,10H,6-9,15H2,1-2H3. The van der Waals surface area contributed by atoms with E-state index >= 15 is 0 Å². The van der Waals surface area contributed by atoms with Gasteiger partial charge in [0, 0.05) is 19.7 Å². The number of benzene rings is 1. The zero-order valence-corrected chi connectivity index (χ0v) is 11.4. The molecular weight excluding hydrogens is 244 g/mol. The predicted octanol–water partition coefficient (Wildman–Crippen LogP) is 1.67. The molecule has 1 aromatic rings. The fraction of sp³-hybridized carbons (Fsp3) is 0.500. The van der Waals surface area contributed by atoms with E-state index in [9.17, 15) is 4.79 Å². The van der Waals surface area contributed by atoms with Gasteiger partial charge in [-0.2, -0.15) is 0 Å². The molecule has 0 saturated heterocycles. The van der Waals surface area contributed by atoms with Crippen molar-refractivity contribution in [2.24, 2.45) is 0 Å². The summed E-state index contributed by atoms with van der Waals surface area (Å²) >= 11 is 0. The van der Waals surface area contributed by atoms with Gasteiger partial charge >= 0.3 is 5.97 Å². The first kappa shape index (κ1) is 13.7. The molecule has 0 unspecified atom stereocenters. The van der Waals surface area contributed by atoms with Crippen LogP contribution in [-0.2, 0) is 9.47 Å². The van der Waals surface area contributed by atoms with E-state index in [-0.39, 0.29) is 0 Å². The number of carbonyl (C=O) groups is 1. The van der Waals surface area contributed by atoms with Gasteiger partial charge in [0.2, 0.25) is 0 Å². The minimum atomic E-state index is -0.401. The Bertz CT molecular complexity index is 458. The Balaban J connectivity index is 2.28. The number of rotatable bonds is 6. The second kappa shape index (κ2) is 5.93. The van der Waals surface area contributed by atoms with Crippen molar-refractivity contribution in [1.29, 1.82) is 0 Å². The highest BCUT2D eigenvalue weighted by Crippen LogP contribution is 2.36. The van der Waals surface area contributed by atoms with Crippen molar-refractivity contribution in [3.05, 3.63) is 23.8 Å². The molecule has 104 valence electrons. The average molecular weight is 264 g/mol. The predicted molar refractivity (Wildman–Crippen MR) is 74.4 cm³/mol. The SMILES string of the molecule is COCCN(c1cccc(C(=O)OC)c1N)C1CC1. The van der Waals surface area contributed by atoms with E-state index in [1.807, 2.05) is 12.1 Å². The van der Waals surface area contributed by atoms with Crippen LogP contribution in [0.5, 0.6) is 0 Å². The minimum Gasteiger partial charge on any atom is -0.465 e. The second-order valence-electron chi connectivity index (χ2n) is 4.65. The molecule has 0 spiro atoms. The van der Waals surface area contributed by atoms with Crippen molar-refractivity contribution >= 4 is 17.3 Å². The lowest BCUT2D eigenvalue weighted by Gasteiger charge is -2.26. The number of methoxy groups -OCH3 is 2. The number of esters is 1. The summed E-state index contributed by atoms with van der Waals surface area (Å²) in [5.41, 5.74) is 7.91. The third-order valence-electron chi connectivity index (χ3n) is 3.32. The molecule has 2 N–H and O–H groups in total. The molecule has 19 heavy (non-hydrogen) atoms. The van der Waals surface area contributed by atoms with Crippen LogP contribution in [-0.4, -0.2) is 39.4 Å². The van der Waals surface area contributed by atoms with Gasteiger partial charge in [-0.3, -0.25) is 0 Å². The van der Waals surface area contributed by atoms with Crippen LogP contribution in [0.1, 0.15) is 23.2 Å². The van der Waals surface area contributed by atoms with Gasteiger partial charge in [0.15, 0.2) is 0 Å². The maximum absolute atomic E-state index is 11.7. The first-order valence-electron chi connectivity index (χ1n) is 6.41. The number of hydrogen-bond donors (Lipinski definition) is 1. The normalized spacial score (nSPS) is 14.2. The van der Waals surface area contributed by atoms with Crippen LogP contribution >= 0.6 is 0 Å². The molecule has 0 amide bonds. The van der Waals surface area contributed by atoms with Crippen molar-refractivity contribution in [2.45, 2.75) is 18.9 Å². The quantitative estimate of drug-likeness (QED) is 0.625. The first-order chi connectivity index (χ1) is 9.19. The van der Waals surface area contributed by atoms with Crippen LogP contribution in [0, 0.1) is 0 Å². The van der Waals surface area contributed by atoms with Gasteiger partial charge in [-0.05, 0) is 25.0 Å². The Morgan fingerprint density at radius 3 is 2.74 bits per heavy atom. The smallest absolute Gasteiger partial charge is 0.340 e. The summed E-state index contributed by atoms with van der Waals surface area (Å²) < 4.78 is 9.88. The third-order valence-corrected chi connectivity index (χ3v) is 3.32. The van der Waals surface area contributed by atoms with E-state index in [0.29, 0.717) is 23.9 Å². The van der Waals surface area contributed by atoms with Crippen molar-refractivity contribution in [2.75, 3.05) is 38.0 Å². The summed E-state index contributed by atoms with van der Waals surface area (Å²) in [7, 11) is 3.04. The highest BCUT2D eigenvalue weighted by Gasteiger charge is 2.30. The largest absolute Gasteiger partial charge is 0.465 e. The molecule has 1 saturated carbocycles. The molecule has 0 atom stereocenters. The minimum absolute atomic E-state index is 0.401. The lowest BCUT2D eigenvalue weighted by Crippen LogP contribution is -2.30. The lowest BCUT2D eigenvalue weighted by atomic mass is 10.1. The molecule has 0 bridgehead atoms. The van der Waals surface area contributed by atoms with Crippen LogP contribution < -0.4 is 10.6 Å². The van der Waals surface area contributed by atoms with Gasteiger partial charge in [0.25, 0.3) is 0 Å². The van der Waals surface area contributed by atoms with Gasteiger partial charge < -0.3 is 20.1 Å². The summed E-state index contributed by atoms with van der Waals surface area (Å²) in [6.07, 6.45) is 2.32. The van der Waals surface area contributed by atoms with Gasteiger partial charge in [-0.15, -0.1) is 0 Å². The molecule has 0 aliphatic heterocycles. The molecular formula is C14H20N2O3. The number of anilines is 2. The zero-order chi connectivity index (χ0) is 13.8. The van der Waals surface area contributed by atoms with E-state index < -0.39 is 5.97 Å². The Morgan fingerprint density at radius 2 is 2.16 bits per heavy atom. The maximum Gasteiger partial charge on any atom is 0.340 e. The lowest BCUT2D eigenvalue weighted by molar-refractivity contribution is 0.0602. The van der Waals surface area contributed by atoms with Gasteiger partial charge in [-0.1, -0.05) is 6.07 Å². The number of nitrogens with zero attached hydrogens (tertiary/aromatic N) is 1. The molecule has 5 nitrogen and oxygen atoms in total. The Morgan fingerprint density at radius 1 is 1.42 bits per heavy atom. The molecule has 0 aromatic heterocycles. The highest BCUT2D eigenvalue weighted by atomic mass is 16.5. The van der Waals surface area contributed by atoms with Crippen LogP contribution in [0.2, 0.25) is 0 Å². The van der Waals surface area contributed by atoms with E-state index in [2.05, 4.69) is 4.90 Å². The molecule has 2 rings (SSSR count). The maximum atomic E-state index is 11.7. The van der Waals surface area contributed by atoms with Crippen LogP contribution in [0.25, 0.3) is 0 Å². The van der Waals surface area contributed by atoms with Crippen molar-refractivity contribution in [3.8, 4) is 0 Å². The Kier molecular flexibility index (Phi) is 4.27. The van der Waals surface area contributed by atoms with Crippen molar-refractivity contribution < 1.29 is 14.3 Å². The Hall–Kier alpha value is -1.75. The summed E-state index contributed by atoms with van der Waals surface area (Å²) in [5.74, 6) is -0.401. The fourth-order valence-electron chi connectivity index (χ4n) is 2.17. The van der Waals surface area contributed by atoms with Crippen molar-refractivity contribution in [1.82, 2.24) is 0 Å². The number of carbonyl (C=O) groups excluding carboxylic acids is 1. The number of hydrogen-bond acceptors (Lipinski definition) is 5. The van der Waals surface area contributed by atoms with Gasteiger partial charge in [-0.25, -0.2) is 4.79 Å². The molecule has 1 aliphatic rings. The summed E-state index contributed by atoms with van der Waals surface area (Å²) in [6.45, 7) is 1.41. The van der Waals surface area contributed by atoms with E-state index in [1.54, 1.807) is 13.2 Å². The van der Waals surface area contributed by atoms with Gasteiger partial charge in [0.1, 0.15) is 0 Å². The molecule has 1 aromatic carbocycles. The van der Waals surface area contributed by atoms with Crippen molar-refractivity contribution in [3.63, 3.8) is 0 Å². The summed E-state index contributed by atoms with van der Waals surface area (Å²) in [5, 5.41) is 0. The molecule has 1 aliphatic carbocycles. The number of nitrogens with two attached hydrogens (primary N) is 1. The number of nitrogen functional groups attached to an aromatic ring is 1. The van der Waals surface area contributed by atoms with Crippen LogP contribution in [0.3, 0.4) is 0 Å². The van der Waals surface area contributed by atoms with E-state index in [1.165, 1.54) is 7.11 Å². The molecule has 0 heterocycles. The second-order valence-corrected chi connectivity index (χ2v) is 4.65. The monoisotopic (exact) mass is 264 g/mol. The molecule has 1 fully saturated rings. The first-order valence-corrected chi connectivity index (χ1v) is 6.41.